The molecule has 0 bridgehead atoms. The third kappa shape index (κ3) is 6.35. The fourth-order valence-corrected chi connectivity index (χ4v) is 2.00. The minimum atomic E-state index is -0.914. The monoisotopic (exact) mass is 150 g/mol. The summed E-state index contributed by atoms with van der Waals surface area (Å²) in [5.74, 6) is 0. The van der Waals surface area contributed by atoms with Crippen LogP contribution in [0.2, 0.25) is 26.2 Å². The number of rotatable bonds is 3. The molecule has 0 N–H and O–H groups in total. The van der Waals surface area contributed by atoms with Gasteiger partial charge in [-0.15, -0.1) is 0 Å². The van der Waals surface area contributed by atoms with Crippen LogP contribution >= 0.6 is 0 Å². The van der Waals surface area contributed by atoms with E-state index in [0.29, 0.717) is 0 Å². The molecule has 0 atom stereocenters. The van der Waals surface area contributed by atoms with Crippen molar-refractivity contribution >= 4 is 18.1 Å². The molecule has 0 heterocycles. The first kappa shape index (κ1) is 8.35. The zero-order chi connectivity index (χ0) is 6.57. The van der Waals surface area contributed by atoms with Crippen molar-refractivity contribution in [1.29, 1.82) is 0 Å². The Kier molecular flexibility index (Phi) is 4.44. The largest absolute Gasteiger partial charge is 0.302 e. The van der Waals surface area contributed by atoms with Gasteiger partial charge in [0.25, 0.3) is 0 Å². The van der Waals surface area contributed by atoms with Gasteiger partial charge >= 0.3 is 0 Å². The topological polar surface area (TPSA) is 18.5 Å². The van der Waals surface area contributed by atoms with Gasteiger partial charge in [0.05, 0.1) is 0 Å². The van der Waals surface area contributed by atoms with Crippen molar-refractivity contribution < 1.29 is 9.15 Å². The van der Waals surface area contributed by atoms with Crippen molar-refractivity contribution in [3.8, 4) is 0 Å². The van der Waals surface area contributed by atoms with Crippen LogP contribution in [0.25, 0.3) is 0 Å². The van der Waals surface area contributed by atoms with Gasteiger partial charge in [-0.1, -0.05) is 0 Å². The first-order chi connectivity index (χ1) is 3.63. The lowest BCUT2D eigenvalue weighted by atomic mass is 11.9. The van der Waals surface area contributed by atoms with Crippen LogP contribution in [0.4, 0.5) is 0 Å². The molecule has 2 nitrogen and oxygen atoms in total. The maximum atomic E-state index is 5.00. The maximum absolute atomic E-state index is 5.00. The molecular weight excluding hydrogens is 136 g/mol. The SMILES string of the molecule is C[SiH](C)OO[SiH](C)C. The summed E-state index contributed by atoms with van der Waals surface area (Å²) in [6.45, 7) is 8.38. The van der Waals surface area contributed by atoms with Crippen LogP contribution in [0.3, 0.4) is 0 Å². The van der Waals surface area contributed by atoms with E-state index in [-0.39, 0.29) is 0 Å². The lowest BCUT2D eigenvalue weighted by molar-refractivity contribution is -0.109. The molecule has 0 aliphatic rings. The zero-order valence-corrected chi connectivity index (χ0v) is 8.28. The van der Waals surface area contributed by atoms with E-state index < -0.39 is 18.1 Å². The van der Waals surface area contributed by atoms with E-state index in [4.69, 9.17) is 9.15 Å². The second-order valence-corrected chi connectivity index (χ2v) is 6.87. The van der Waals surface area contributed by atoms with Gasteiger partial charge in [0.15, 0.2) is 0 Å². The lowest BCUT2D eigenvalue weighted by Gasteiger charge is -2.07. The van der Waals surface area contributed by atoms with E-state index in [1.54, 1.807) is 0 Å². The fourth-order valence-electron chi connectivity index (χ4n) is 0.222. The van der Waals surface area contributed by atoms with Gasteiger partial charge in [-0.3, -0.25) is 0 Å². The van der Waals surface area contributed by atoms with Crippen LogP contribution in [0, 0.1) is 0 Å². The maximum Gasteiger partial charge on any atom is 0.216 e. The molecule has 0 aromatic rings. The molecule has 0 radical (unpaired) electrons. The third-order valence-electron chi connectivity index (χ3n) is 0.440. The van der Waals surface area contributed by atoms with E-state index in [9.17, 15) is 0 Å². The molecule has 0 saturated carbocycles. The Morgan fingerprint density at radius 2 is 1.00 bits per heavy atom. The van der Waals surface area contributed by atoms with E-state index in [1.807, 2.05) is 0 Å². The smallest absolute Gasteiger partial charge is 0.216 e. The summed E-state index contributed by atoms with van der Waals surface area (Å²) in [7, 11) is -1.83. The second kappa shape index (κ2) is 4.25. The summed E-state index contributed by atoms with van der Waals surface area (Å²) in [5, 5.41) is 0. The van der Waals surface area contributed by atoms with Crippen molar-refractivity contribution in [3.63, 3.8) is 0 Å². The van der Waals surface area contributed by atoms with Gasteiger partial charge in [-0.25, -0.2) is 0 Å². The van der Waals surface area contributed by atoms with Gasteiger partial charge in [0.1, 0.15) is 0 Å². The van der Waals surface area contributed by atoms with Gasteiger partial charge in [0, 0.05) is 0 Å². The summed E-state index contributed by atoms with van der Waals surface area (Å²) in [4.78, 5) is 0. The van der Waals surface area contributed by atoms with Crippen molar-refractivity contribution in [3.05, 3.63) is 0 Å². The molecule has 0 amide bonds. The van der Waals surface area contributed by atoms with Crippen molar-refractivity contribution in [2.45, 2.75) is 26.2 Å². The van der Waals surface area contributed by atoms with Gasteiger partial charge in [-0.2, -0.15) is 0 Å². The third-order valence-corrected chi connectivity index (χ3v) is 1.65. The predicted molar refractivity (Wildman–Crippen MR) is 39.9 cm³/mol. The Morgan fingerprint density at radius 1 is 0.750 bits per heavy atom. The average molecular weight is 150 g/mol. The molecule has 8 heavy (non-hydrogen) atoms. The summed E-state index contributed by atoms with van der Waals surface area (Å²) in [5.41, 5.74) is 0. The van der Waals surface area contributed by atoms with Crippen LogP contribution in [-0.2, 0) is 9.15 Å². The zero-order valence-electron chi connectivity index (χ0n) is 5.97. The van der Waals surface area contributed by atoms with Crippen LogP contribution in [-0.4, -0.2) is 18.1 Å². The summed E-state index contributed by atoms with van der Waals surface area (Å²) in [6.07, 6.45) is 0. The highest BCUT2D eigenvalue weighted by molar-refractivity contribution is 6.51. The van der Waals surface area contributed by atoms with Crippen LogP contribution in [0.5, 0.6) is 0 Å². The summed E-state index contributed by atoms with van der Waals surface area (Å²) in [6, 6.07) is 0. The van der Waals surface area contributed by atoms with Crippen molar-refractivity contribution in [2.75, 3.05) is 0 Å². The van der Waals surface area contributed by atoms with E-state index in [1.165, 1.54) is 0 Å². The van der Waals surface area contributed by atoms with Gasteiger partial charge < -0.3 is 9.15 Å². The summed E-state index contributed by atoms with van der Waals surface area (Å²) >= 11 is 0. The Morgan fingerprint density at radius 3 is 1.12 bits per heavy atom. The minimum absolute atomic E-state index is 0.914. The molecule has 0 fully saturated rings. The first-order valence-electron chi connectivity index (χ1n) is 2.95. The molecule has 0 spiro atoms. The van der Waals surface area contributed by atoms with Crippen LogP contribution in [0.15, 0.2) is 0 Å². The normalized spacial score (nSPS) is 11.2. The highest BCUT2D eigenvalue weighted by Crippen LogP contribution is 1.88. The van der Waals surface area contributed by atoms with Crippen LogP contribution in [0.1, 0.15) is 0 Å². The second-order valence-electron chi connectivity index (χ2n) is 2.29. The highest BCUT2D eigenvalue weighted by Gasteiger charge is 1.99. The molecule has 4 heteroatoms. The Labute approximate surface area is 54.2 Å². The van der Waals surface area contributed by atoms with Crippen molar-refractivity contribution in [2.24, 2.45) is 0 Å². The standard InChI is InChI=1S/C4H14O2Si2/c1-7(2)5-6-8(3)4/h7-8H,1-4H3. The summed E-state index contributed by atoms with van der Waals surface area (Å²) < 4.78 is 10.0. The minimum Gasteiger partial charge on any atom is -0.302 e. The average Bonchev–Trinajstić information content (AvgIpc) is 1.61. The molecule has 0 unspecified atom stereocenters. The molecular formula is C4H14O2Si2. The quantitative estimate of drug-likeness (QED) is 0.338. The van der Waals surface area contributed by atoms with E-state index >= 15 is 0 Å². The molecule has 0 aromatic carbocycles. The predicted octanol–water partition coefficient (Wildman–Crippen LogP) is 0.901. The Bertz CT molecular complexity index is 48.0. The van der Waals surface area contributed by atoms with E-state index in [2.05, 4.69) is 26.2 Å². The van der Waals surface area contributed by atoms with Crippen molar-refractivity contribution in [1.82, 2.24) is 0 Å². The molecule has 0 rings (SSSR count). The molecule has 0 saturated heterocycles. The van der Waals surface area contributed by atoms with E-state index in [0.717, 1.165) is 0 Å². The van der Waals surface area contributed by atoms with Gasteiger partial charge in [0.2, 0.25) is 18.1 Å². The fraction of sp³-hybridized carbons (Fsp3) is 1.00. The highest BCUT2D eigenvalue weighted by atomic mass is 28.3. The number of hydrogen-bond donors (Lipinski definition) is 0. The number of hydrogen-bond acceptors (Lipinski definition) is 2. The first-order valence-corrected chi connectivity index (χ1v) is 8.51. The Hall–Kier alpha value is 0.354. The van der Waals surface area contributed by atoms with Crippen LogP contribution < -0.4 is 0 Å². The molecule has 0 aliphatic heterocycles. The van der Waals surface area contributed by atoms with Gasteiger partial charge in [-0.05, 0) is 26.2 Å². The Balaban J connectivity index is 2.93. The molecule has 50 valence electrons. The molecule has 0 aliphatic carbocycles. The molecule has 0 aromatic heterocycles. The lowest BCUT2D eigenvalue weighted by Crippen LogP contribution is -2.15.